The average Bonchev–Trinajstić information content (AvgIpc) is 2.87. The first-order chi connectivity index (χ1) is 10.7. The standard InChI is InChI=1S/C18H18BrN3/c1-21-14-17(19)18(20-21)22(12-15-8-4-2-5-9-15)13-16-10-6-3-7-11-16/h2-11,14H,12-13H2,1H3. The summed E-state index contributed by atoms with van der Waals surface area (Å²) < 4.78 is 2.85. The lowest BCUT2D eigenvalue weighted by Gasteiger charge is -2.23. The highest BCUT2D eigenvalue weighted by atomic mass is 79.9. The summed E-state index contributed by atoms with van der Waals surface area (Å²) in [4.78, 5) is 2.29. The SMILES string of the molecule is Cn1cc(Br)c(N(Cc2ccccc2)Cc2ccccc2)n1. The fraction of sp³-hybridized carbons (Fsp3) is 0.167. The maximum atomic E-state index is 4.60. The molecule has 0 N–H and O–H groups in total. The number of hydrogen-bond donors (Lipinski definition) is 0. The molecule has 3 nitrogen and oxygen atoms in total. The monoisotopic (exact) mass is 355 g/mol. The third kappa shape index (κ3) is 3.57. The summed E-state index contributed by atoms with van der Waals surface area (Å²) in [7, 11) is 1.94. The summed E-state index contributed by atoms with van der Waals surface area (Å²) >= 11 is 3.62. The number of nitrogens with zero attached hydrogens (tertiary/aromatic N) is 3. The Morgan fingerprint density at radius 3 is 1.82 bits per heavy atom. The first-order valence-electron chi connectivity index (χ1n) is 7.24. The quantitative estimate of drug-likeness (QED) is 0.676. The van der Waals surface area contributed by atoms with Crippen molar-refractivity contribution in [3.8, 4) is 0 Å². The van der Waals surface area contributed by atoms with Gasteiger partial charge in [0.2, 0.25) is 0 Å². The molecule has 4 heteroatoms. The number of rotatable bonds is 5. The summed E-state index contributed by atoms with van der Waals surface area (Å²) in [5, 5.41) is 4.60. The van der Waals surface area contributed by atoms with Crippen LogP contribution in [0.1, 0.15) is 11.1 Å². The fourth-order valence-electron chi connectivity index (χ4n) is 2.48. The predicted molar refractivity (Wildman–Crippen MR) is 93.7 cm³/mol. The van der Waals surface area contributed by atoms with E-state index in [1.54, 1.807) is 0 Å². The maximum Gasteiger partial charge on any atom is 0.165 e. The minimum atomic E-state index is 0.825. The van der Waals surface area contributed by atoms with E-state index < -0.39 is 0 Å². The molecule has 0 spiro atoms. The summed E-state index contributed by atoms with van der Waals surface area (Å²) in [6, 6.07) is 21.0. The van der Waals surface area contributed by atoms with Crippen LogP contribution in [-0.4, -0.2) is 9.78 Å². The van der Waals surface area contributed by atoms with Gasteiger partial charge in [-0.15, -0.1) is 0 Å². The Balaban J connectivity index is 1.90. The molecule has 0 aliphatic rings. The number of halogens is 1. The van der Waals surface area contributed by atoms with Crippen molar-refractivity contribution in [2.75, 3.05) is 4.90 Å². The number of anilines is 1. The van der Waals surface area contributed by atoms with E-state index in [-0.39, 0.29) is 0 Å². The van der Waals surface area contributed by atoms with Crippen LogP contribution in [0.2, 0.25) is 0 Å². The molecule has 3 rings (SSSR count). The topological polar surface area (TPSA) is 21.1 Å². The minimum Gasteiger partial charge on any atom is -0.346 e. The van der Waals surface area contributed by atoms with E-state index in [2.05, 4.69) is 74.5 Å². The van der Waals surface area contributed by atoms with Crippen LogP contribution in [0.25, 0.3) is 0 Å². The first kappa shape index (κ1) is 14.9. The van der Waals surface area contributed by atoms with Crippen molar-refractivity contribution in [2.45, 2.75) is 13.1 Å². The van der Waals surface area contributed by atoms with E-state index in [1.807, 2.05) is 30.1 Å². The summed E-state index contributed by atoms with van der Waals surface area (Å²) in [5.74, 6) is 0.968. The second-order valence-electron chi connectivity index (χ2n) is 5.30. The van der Waals surface area contributed by atoms with Gasteiger partial charge in [-0.2, -0.15) is 5.10 Å². The van der Waals surface area contributed by atoms with Crippen molar-refractivity contribution < 1.29 is 0 Å². The molecular weight excluding hydrogens is 338 g/mol. The highest BCUT2D eigenvalue weighted by Gasteiger charge is 2.15. The summed E-state index contributed by atoms with van der Waals surface area (Å²) in [6.45, 7) is 1.65. The van der Waals surface area contributed by atoms with Crippen LogP contribution in [0.15, 0.2) is 71.3 Å². The zero-order valence-corrected chi connectivity index (χ0v) is 14.1. The second-order valence-corrected chi connectivity index (χ2v) is 6.16. The Labute approximate surface area is 139 Å². The van der Waals surface area contributed by atoms with Crippen molar-refractivity contribution in [3.05, 3.63) is 82.5 Å². The highest BCUT2D eigenvalue weighted by Crippen LogP contribution is 2.27. The molecule has 0 fully saturated rings. The van der Waals surface area contributed by atoms with Gasteiger partial charge in [-0.25, -0.2) is 0 Å². The molecule has 0 saturated heterocycles. The van der Waals surface area contributed by atoms with Gasteiger partial charge in [-0.3, -0.25) is 4.68 Å². The van der Waals surface area contributed by atoms with Crippen LogP contribution >= 0.6 is 15.9 Å². The molecule has 0 aliphatic carbocycles. The summed E-state index contributed by atoms with van der Waals surface area (Å²) in [6.07, 6.45) is 1.98. The van der Waals surface area contributed by atoms with Crippen molar-refractivity contribution in [1.29, 1.82) is 0 Å². The van der Waals surface area contributed by atoms with Crippen molar-refractivity contribution >= 4 is 21.7 Å². The molecule has 0 bridgehead atoms. The maximum absolute atomic E-state index is 4.60. The lowest BCUT2D eigenvalue weighted by Crippen LogP contribution is -2.23. The van der Waals surface area contributed by atoms with Crippen molar-refractivity contribution in [3.63, 3.8) is 0 Å². The molecule has 0 atom stereocenters. The molecule has 0 unspecified atom stereocenters. The van der Waals surface area contributed by atoms with Gasteiger partial charge in [0.25, 0.3) is 0 Å². The van der Waals surface area contributed by atoms with Gasteiger partial charge in [0.05, 0.1) is 4.47 Å². The lowest BCUT2D eigenvalue weighted by molar-refractivity contribution is 0.725. The Hall–Kier alpha value is -2.07. The molecule has 1 aromatic heterocycles. The normalized spacial score (nSPS) is 10.6. The highest BCUT2D eigenvalue weighted by molar-refractivity contribution is 9.10. The van der Waals surface area contributed by atoms with E-state index in [0.717, 1.165) is 23.4 Å². The Morgan fingerprint density at radius 1 is 0.909 bits per heavy atom. The molecule has 0 amide bonds. The predicted octanol–water partition coefficient (Wildman–Crippen LogP) is 4.39. The number of benzene rings is 2. The Kier molecular flexibility index (Phi) is 4.59. The van der Waals surface area contributed by atoms with Crippen molar-refractivity contribution in [2.24, 2.45) is 7.05 Å². The molecule has 0 radical (unpaired) electrons. The average molecular weight is 356 g/mol. The van der Waals surface area contributed by atoms with Crippen LogP contribution < -0.4 is 4.90 Å². The molecule has 112 valence electrons. The molecule has 3 aromatic rings. The molecular formula is C18H18BrN3. The summed E-state index contributed by atoms with van der Waals surface area (Å²) in [5.41, 5.74) is 2.55. The molecule has 2 aromatic carbocycles. The van der Waals surface area contributed by atoms with Gasteiger partial charge in [-0.1, -0.05) is 60.7 Å². The fourth-order valence-corrected chi connectivity index (χ4v) is 3.10. The second kappa shape index (κ2) is 6.79. The van der Waals surface area contributed by atoms with Crippen LogP contribution in [0, 0.1) is 0 Å². The van der Waals surface area contributed by atoms with Crippen LogP contribution in [0.5, 0.6) is 0 Å². The minimum absolute atomic E-state index is 0.825. The Bertz CT molecular complexity index is 681. The largest absolute Gasteiger partial charge is 0.346 e. The van der Waals surface area contributed by atoms with Gasteiger partial charge >= 0.3 is 0 Å². The third-order valence-corrected chi connectivity index (χ3v) is 4.06. The van der Waals surface area contributed by atoms with Gasteiger partial charge in [0.15, 0.2) is 5.82 Å². The Morgan fingerprint density at radius 2 is 1.41 bits per heavy atom. The van der Waals surface area contributed by atoms with E-state index >= 15 is 0 Å². The van der Waals surface area contributed by atoms with Gasteiger partial charge in [0.1, 0.15) is 0 Å². The number of aromatic nitrogens is 2. The lowest BCUT2D eigenvalue weighted by atomic mass is 10.1. The smallest absolute Gasteiger partial charge is 0.165 e. The van der Waals surface area contributed by atoms with Gasteiger partial charge < -0.3 is 4.90 Å². The van der Waals surface area contributed by atoms with E-state index in [4.69, 9.17) is 0 Å². The van der Waals surface area contributed by atoms with E-state index in [0.29, 0.717) is 0 Å². The number of hydrogen-bond acceptors (Lipinski definition) is 2. The van der Waals surface area contributed by atoms with E-state index in [9.17, 15) is 0 Å². The molecule has 1 heterocycles. The van der Waals surface area contributed by atoms with Crippen LogP contribution in [0.4, 0.5) is 5.82 Å². The molecule has 0 saturated carbocycles. The van der Waals surface area contributed by atoms with Crippen LogP contribution in [-0.2, 0) is 20.1 Å². The van der Waals surface area contributed by atoms with Gasteiger partial charge in [-0.05, 0) is 27.1 Å². The zero-order chi connectivity index (χ0) is 15.4. The third-order valence-electron chi connectivity index (χ3n) is 3.50. The van der Waals surface area contributed by atoms with Crippen LogP contribution in [0.3, 0.4) is 0 Å². The first-order valence-corrected chi connectivity index (χ1v) is 8.03. The molecule has 22 heavy (non-hydrogen) atoms. The van der Waals surface area contributed by atoms with E-state index in [1.165, 1.54) is 11.1 Å². The molecule has 0 aliphatic heterocycles. The zero-order valence-electron chi connectivity index (χ0n) is 12.5. The van der Waals surface area contributed by atoms with Crippen molar-refractivity contribution in [1.82, 2.24) is 9.78 Å². The van der Waals surface area contributed by atoms with Gasteiger partial charge in [0, 0.05) is 26.3 Å². The number of aryl methyl sites for hydroxylation is 1.